The summed E-state index contributed by atoms with van der Waals surface area (Å²) in [5.41, 5.74) is 0. The van der Waals surface area contributed by atoms with Gasteiger partial charge in [0.1, 0.15) is 5.25 Å². The highest BCUT2D eigenvalue weighted by molar-refractivity contribution is 7.92. The van der Waals surface area contributed by atoms with E-state index in [1.54, 1.807) is 6.92 Å². The zero-order valence-electron chi connectivity index (χ0n) is 7.74. The zero-order valence-corrected chi connectivity index (χ0v) is 8.56. The van der Waals surface area contributed by atoms with Crippen LogP contribution in [0.2, 0.25) is 0 Å². The summed E-state index contributed by atoms with van der Waals surface area (Å²) in [7, 11) is -3.18. The molecular weight excluding hydrogens is 174 g/mol. The van der Waals surface area contributed by atoms with Crippen LogP contribution >= 0.6 is 0 Å². The standard InChI is InChI=1S/C8H15NO2S/c1-4-8(5-9)12(10,11)6-7(2)3/h7-8H,4,6H2,1-3H3. The molecule has 0 bridgehead atoms. The third-order valence-corrected chi connectivity index (χ3v) is 3.95. The van der Waals surface area contributed by atoms with Gasteiger partial charge in [0.2, 0.25) is 0 Å². The molecule has 70 valence electrons. The van der Waals surface area contributed by atoms with Gasteiger partial charge in [-0.2, -0.15) is 5.26 Å². The molecule has 0 aromatic carbocycles. The lowest BCUT2D eigenvalue weighted by molar-refractivity contribution is 0.574. The smallest absolute Gasteiger partial charge is 0.166 e. The average Bonchev–Trinajstić information content (AvgIpc) is 1.85. The summed E-state index contributed by atoms with van der Waals surface area (Å²) in [5, 5.41) is 7.73. The number of hydrogen-bond donors (Lipinski definition) is 0. The number of nitriles is 1. The van der Waals surface area contributed by atoms with Gasteiger partial charge in [0.05, 0.1) is 11.8 Å². The van der Waals surface area contributed by atoms with Crippen LogP contribution in [0, 0.1) is 17.2 Å². The summed E-state index contributed by atoms with van der Waals surface area (Å²) in [4.78, 5) is 0. The van der Waals surface area contributed by atoms with Gasteiger partial charge in [-0.15, -0.1) is 0 Å². The topological polar surface area (TPSA) is 57.9 Å². The van der Waals surface area contributed by atoms with Crippen LogP contribution in [0.3, 0.4) is 0 Å². The van der Waals surface area contributed by atoms with E-state index in [9.17, 15) is 8.42 Å². The first kappa shape index (κ1) is 11.4. The molecule has 3 nitrogen and oxygen atoms in total. The number of rotatable bonds is 4. The molecule has 0 aromatic rings. The van der Waals surface area contributed by atoms with E-state index in [4.69, 9.17) is 5.26 Å². The van der Waals surface area contributed by atoms with Crippen molar-refractivity contribution in [2.45, 2.75) is 32.4 Å². The summed E-state index contributed by atoms with van der Waals surface area (Å²) in [6.45, 7) is 5.38. The average molecular weight is 189 g/mol. The highest BCUT2D eigenvalue weighted by Crippen LogP contribution is 2.09. The molecule has 12 heavy (non-hydrogen) atoms. The molecule has 0 aromatic heterocycles. The number of sulfone groups is 1. The quantitative estimate of drug-likeness (QED) is 0.671. The Morgan fingerprint density at radius 1 is 1.42 bits per heavy atom. The Bertz CT molecular complexity index is 261. The van der Waals surface area contributed by atoms with E-state index < -0.39 is 15.1 Å². The Morgan fingerprint density at radius 2 is 1.92 bits per heavy atom. The molecular formula is C8H15NO2S. The largest absolute Gasteiger partial charge is 0.227 e. The van der Waals surface area contributed by atoms with Crippen molar-refractivity contribution in [3.63, 3.8) is 0 Å². The molecule has 0 aliphatic heterocycles. The monoisotopic (exact) mass is 189 g/mol. The van der Waals surface area contributed by atoms with Crippen LogP contribution < -0.4 is 0 Å². The minimum Gasteiger partial charge on any atom is -0.227 e. The molecule has 0 N–H and O–H groups in total. The van der Waals surface area contributed by atoms with Crippen LogP contribution in [0.5, 0.6) is 0 Å². The van der Waals surface area contributed by atoms with Gasteiger partial charge in [-0.05, 0) is 12.3 Å². The molecule has 0 aliphatic rings. The Kier molecular flexibility index (Phi) is 4.25. The van der Waals surface area contributed by atoms with Crippen LogP contribution in [-0.4, -0.2) is 19.4 Å². The highest BCUT2D eigenvalue weighted by Gasteiger charge is 2.23. The molecule has 1 atom stereocenters. The van der Waals surface area contributed by atoms with Crippen molar-refractivity contribution in [2.24, 2.45) is 5.92 Å². The van der Waals surface area contributed by atoms with Crippen molar-refractivity contribution in [3.8, 4) is 6.07 Å². The fraction of sp³-hybridized carbons (Fsp3) is 0.875. The maximum Gasteiger partial charge on any atom is 0.166 e. The van der Waals surface area contributed by atoms with Crippen LogP contribution in [-0.2, 0) is 9.84 Å². The second kappa shape index (κ2) is 4.46. The highest BCUT2D eigenvalue weighted by atomic mass is 32.2. The second-order valence-electron chi connectivity index (χ2n) is 3.25. The van der Waals surface area contributed by atoms with Gasteiger partial charge in [0.15, 0.2) is 9.84 Å². The van der Waals surface area contributed by atoms with E-state index in [0.717, 1.165) is 0 Å². The molecule has 0 aliphatic carbocycles. The fourth-order valence-corrected chi connectivity index (χ4v) is 2.84. The molecule has 0 radical (unpaired) electrons. The first-order valence-corrected chi connectivity index (χ1v) is 5.76. The van der Waals surface area contributed by atoms with Crippen molar-refractivity contribution in [1.29, 1.82) is 5.26 Å². The molecule has 0 amide bonds. The van der Waals surface area contributed by atoms with Crippen LogP contribution in [0.25, 0.3) is 0 Å². The molecule has 4 heteroatoms. The number of hydrogen-bond acceptors (Lipinski definition) is 3. The van der Waals surface area contributed by atoms with Gasteiger partial charge in [0.25, 0.3) is 0 Å². The van der Waals surface area contributed by atoms with Crippen molar-refractivity contribution >= 4 is 9.84 Å². The van der Waals surface area contributed by atoms with Gasteiger partial charge in [-0.1, -0.05) is 20.8 Å². The zero-order chi connectivity index (χ0) is 9.78. The van der Waals surface area contributed by atoms with Crippen LogP contribution in [0.15, 0.2) is 0 Å². The summed E-state index contributed by atoms with van der Waals surface area (Å²) in [6.07, 6.45) is 0.381. The SMILES string of the molecule is CCC(C#N)S(=O)(=O)CC(C)C. The maximum absolute atomic E-state index is 11.4. The normalized spacial score (nSPS) is 14.2. The molecule has 0 saturated carbocycles. The first-order valence-electron chi connectivity index (χ1n) is 4.05. The van der Waals surface area contributed by atoms with E-state index in [-0.39, 0.29) is 11.7 Å². The van der Waals surface area contributed by atoms with Crippen LogP contribution in [0.1, 0.15) is 27.2 Å². The Morgan fingerprint density at radius 3 is 2.17 bits per heavy atom. The summed E-state index contributed by atoms with van der Waals surface area (Å²) >= 11 is 0. The predicted molar refractivity (Wildman–Crippen MR) is 48.3 cm³/mol. The van der Waals surface area contributed by atoms with E-state index in [0.29, 0.717) is 6.42 Å². The second-order valence-corrected chi connectivity index (χ2v) is 5.48. The summed E-state index contributed by atoms with van der Waals surface area (Å²) in [5.74, 6) is 0.205. The van der Waals surface area contributed by atoms with Gasteiger partial charge in [0, 0.05) is 0 Å². The van der Waals surface area contributed by atoms with E-state index in [1.165, 1.54) is 0 Å². The maximum atomic E-state index is 11.4. The third-order valence-electron chi connectivity index (χ3n) is 1.51. The molecule has 0 spiro atoms. The van der Waals surface area contributed by atoms with E-state index in [2.05, 4.69) is 0 Å². The van der Waals surface area contributed by atoms with Crippen molar-refractivity contribution in [1.82, 2.24) is 0 Å². The molecule has 0 heterocycles. The minimum atomic E-state index is -3.18. The molecule has 0 rings (SSSR count). The predicted octanol–water partition coefficient (Wildman–Crippen LogP) is 1.36. The summed E-state index contributed by atoms with van der Waals surface area (Å²) < 4.78 is 22.8. The van der Waals surface area contributed by atoms with Gasteiger partial charge < -0.3 is 0 Å². The Labute approximate surface area is 74.3 Å². The lowest BCUT2D eigenvalue weighted by Crippen LogP contribution is -2.24. The van der Waals surface area contributed by atoms with Crippen molar-refractivity contribution in [2.75, 3.05) is 5.75 Å². The number of nitrogens with zero attached hydrogens (tertiary/aromatic N) is 1. The van der Waals surface area contributed by atoms with Crippen LogP contribution in [0.4, 0.5) is 0 Å². The van der Waals surface area contributed by atoms with Gasteiger partial charge >= 0.3 is 0 Å². The fourth-order valence-electron chi connectivity index (χ4n) is 1.01. The van der Waals surface area contributed by atoms with Gasteiger partial charge in [-0.25, -0.2) is 8.42 Å². The van der Waals surface area contributed by atoms with E-state index in [1.807, 2.05) is 19.9 Å². The van der Waals surface area contributed by atoms with Crippen molar-refractivity contribution < 1.29 is 8.42 Å². The van der Waals surface area contributed by atoms with E-state index >= 15 is 0 Å². The molecule has 1 unspecified atom stereocenters. The van der Waals surface area contributed by atoms with Crippen molar-refractivity contribution in [3.05, 3.63) is 0 Å². The lowest BCUT2D eigenvalue weighted by atomic mass is 10.3. The minimum absolute atomic E-state index is 0.0948. The third kappa shape index (κ3) is 3.22. The van der Waals surface area contributed by atoms with Gasteiger partial charge in [-0.3, -0.25) is 0 Å². The molecule has 0 saturated heterocycles. The first-order chi connectivity index (χ1) is 5.44. The Balaban J connectivity index is 4.52. The lowest BCUT2D eigenvalue weighted by Gasteiger charge is -2.09. The summed E-state index contributed by atoms with van der Waals surface area (Å²) in [6, 6.07) is 1.81. The Hall–Kier alpha value is -0.560. The molecule has 0 fully saturated rings.